The molecule has 0 saturated carbocycles. The van der Waals surface area contributed by atoms with E-state index in [1.807, 2.05) is 0 Å². The van der Waals surface area contributed by atoms with Crippen molar-refractivity contribution in [1.82, 2.24) is 0 Å². The number of nitrogen functional groups attached to an aromatic ring is 1. The molecule has 1 aromatic rings. The Morgan fingerprint density at radius 1 is 1.25 bits per heavy atom. The summed E-state index contributed by atoms with van der Waals surface area (Å²) in [6, 6.07) is 5.19. The summed E-state index contributed by atoms with van der Waals surface area (Å²) in [4.78, 5) is 0. The molecule has 0 aliphatic carbocycles. The van der Waals surface area contributed by atoms with Gasteiger partial charge < -0.3 is 10.8 Å². The number of rotatable bonds is 3. The first-order valence-corrected chi connectivity index (χ1v) is 4.54. The second kappa shape index (κ2) is 4.17. The number of halogens is 3. The predicted molar refractivity (Wildman–Crippen MR) is 55.9 cm³/mol. The third-order valence-corrected chi connectivity index (χ3v) is 2.53. The summed E-state index contributed by atoms with van der Waals surface area (Å²) >= 11 is 0. The van der Waals surface area contributed by atoms with Crippen molar-refractivity contribution < 1.29 is 18.3 Å². The maximum absolute atomic E-state index is 12.9. The summed E-state index contributed by atoms with van der Waals surface area (Å²) in [6.07, 6.45) is -3.89. The van der Waals surface area contributed by atoms with Crippen LogP contribution in [-0.4, -0.2) is 17.9 Å². The van der Waals surface area contributed by atoms with Gasteiger partial charge in [-0.25, -0.2) is 0 Å². The molecule has 0 aliphatic rings. The van der Waals surface area contributed by atoms with Gasteiger partial charge in [-0.15, -0.1) is 6.58 Å². The molecule has 0 fully saturated rings. The summed E-state index contributed by atoms with van der Waals surface area (Å²) in [5.41, 5.74) is 3.25. The quantitative estimate of drug-likeness (QED) is 0.619. The third kappa shape index (κ3) is 1.90. The monoisotopic (exact) mass is 231 g/mol. The molecule has 1 atom stereocenters. The van der Waals surface area contributed by atoms with Crippen molar-refractivity contribution in [2.75, 3.05) is 12.3 Å². The van der Waals surface area contributed by atoms with Crippen LogP contribution in [0.3, 0.4) is 0 Å². The molecule has 1 rings (SSSR count). The Bertz CT molecular complexity index is 372. The lowest BCUT2D eigenvalue weighted by Gasteiger charge is -2.31. The van der Waals surface area contributed by atoms with Gasteiger partial charge in [0.15, 0.2) is 0 Å². The average Bonchev–Trinajstić information content (AvgIpc) is 2.21. The molecule has 88 valence electrons. The van der Waals surface area contributed by atoms with E-state index in [0.717, 1.165) is 0 Å². The fourth-order valence-electron chi connectivity index (χ4n) is 1.42. The summed E-state index contributed by atoms with van der Waals surface area (Å²) < 4.78 is 38.7. The summed E-state index contributed by atoms with van der Waals surface area (Å²) in [6.45, 7) is 2.08. The van der Waals surface area contributed by atoms with Gasteiger partial charge in [0.05, 0.1) is 6.61 Å². The number of hydrogen-bond donors (Lipinski definition) is 2. The number of benzene rings is 1. The summed E-state index contributed by atoms with van der Waals surface area (Å²) in [5.74, 6) is 0. The Hall–Kier alpha value is -1.49. The lowest BCUT2D eigenvalue weighted by atomic mass is 9.80. The summed E-state index contributed by atoms with van der Waals surface area (Å²) in [5, 5.41) is 9.01. The lowest BCUT2D eigenvalue weighted by molar-refractivity contribution is -0.185. The van der Waals surface area contributed by atoms with E-state index in [1.165, 1.54) is 24.3 Å². The van der Waals surface area contributed by atoms with Crippen molar-refractivity contribution in [2.45, 2.75) is 11.6 Å². The Balaban J connectivity index is 3.32. The van der Waals surface area contributed by atoms with E-state index >= 15 is 0 Å². The van der Waals surface area contributed by atoms with Crippen molar-refractivity contribution >= 4 is 5.69 Å². The Labute approximate surface area is 91.2 Å². The molecular formula is C11H12F3NO. The number of anilines is 1. The van der Waals surface area contributed by atoms with Gasteiger partial charge in [-0.05, 0) is 17.7 Å². The molecule has 5 heteroatoms. The molecule has 16 heavy (non-hydrogen) atoms. The highest BCUT2D eigenvalue weighted by Crippen LogP contribution is 2.41. The summed E-state index contributed by atoms with van der Waals surface area (Å²) in [7, 11) is 0. The molecule has 1 unspecified atom stereocenters. The topological polar surface area (TPSA) is 46.2 Å². The maximum atomic E-state index is 12.9. The Kier molecular flexibility index (Phi) is 3.28. The molecule has 0 amide bonds. The van der Waals surface area contributed by atoms with Crippen LogP contribution in [0.5, 0.6) is 0 Å². The fraction of sp³-hybridized carbons (Fsp3) is 0.273. The minimum absolute atomic E-state index is 0.0771. The van der Waals surface area contributed by atoms with Crippen molar-refractivity contribution in [2.24, 2.45) is 0 Å². The smallest absolute Gasteiger partial charge is 0.399 e. The zero-order valence-corrected chi connectivity index (χ0v) is 8.46. The van der Waals surface area contributed by atoms with Gasteiger partial charge in [0.1, 0.15) is 5.41 Å². The van der Waals surface area contributed by atoms with Crippen molar-refractivity contribution in [3.8, 4) is 0 Å². The molecule has 1 aromatic carbocycles. The molecule has 0 spiro atoms. The largest absolute Gasteiger partial charge is 0.404 e. The van der Waals surface area contributed by atoms with Crippen LogP contribution in [0.4, 0.5) is 18.9 Å². The van der Waals surface area contributed by atoms with Crippen LogP contribution in [0.2, 0.25) is 0 Å². The van der Waals surface area contributed by atoms with Gasteiger partial charge >= 0.3 is 6.18 Å². The minimum Gasteiger partial charge on any atom is -0.399 e. The van der Waals surface area contributed by atoms with Crippen LogP contribution < -0.4 is 5.73 Å². The number of nitrogens with two attached hydrogens (primary N) is 1. The Morgan fingerprint density at radius 2 is 1.75 bits per heavy atom. The zero-order valence-electron chi connectivity index (χ0n) is 8.46. The van der Waals surface area contributed by atoms with Crippen LogP contribution in [-0.2, 0) is 5.41 Å². The SMILES string of the molecule is C=CC(CO)(c1ccc(N)cc1)C(F)(F)F. The molecular weight excluding hydrogens is 219 g/mol. The van der Waals surface area contributed by atoms with Crippen LogP contribution in [0.1, 0.15) is 5.56 Å². The van der Waals surface area contributed by atoms with E-state index in [-0.39, 0.29) is 5.56 Å². The van der Waals surface area contributed by atoms with Gasteiger partial charge in [0, 0.05) is 5.69 Å². The molecule has 0 heterocycles. The fourth-order valence-corrected chi connectivity index (χ4v) is 1.42. The predicted octanol–water partition coefficient (Wildman–Crippen LogP) is 2.25. The molecule has 2 nitrogen and oxygen atoms in total. The molecule has 0 radical (unpaired) electrons. The lowest BCUT2D eigenvalue weighted by Crippen LogP contribution is -2.43. The van der Waals surface area contributed by atoms with E-state index in [4.69, 9.17) is 10.8 Å². The first-order chi connectivity index (χ1) is 7.37. The van der Waals surface area contributed by atoms with E-state index in [0.29, 0.717) is 11.8 Å². The third-order valence-electron chi connectivity index (χ3n) is 2.53. The van der Waals surface area contributed by atoms with Crippen molar-refractivity contribution in [1.29, 1.82) is 0 Å². The highest BCUT2D eigenvalue weighted by atomic mass is 19.4. The standard InChI is InChI=1S/C11H12F3NO/c1-2-10(7-16,11(12,13)14)8-3-5-9(15)6-4-8/h2-6,16H,1,7,15H2. The Morgan fingerprint density at radius 3 is 2.06 bits per heavy atom. The van der Waals surface area contributed by atoms with Gasteiger partial charge in [-0.2, -0.15) is 13.2 Å². The second-order valence-electron chi connectivity index (χ2n) is 3.45. The first-order valence-electron chi connectivity index (χ1n) is 4.54. The number of aliphatic hydroxyl groups is 1. The van der Waals surface area contributed by atoms with E-state index in [2.05, 4.69) is 6.58 Å². The van der Waals surface area contributed by atoms with Gasteiger partial charge in [0.2, 0.25) is 0 Å². The average molecular weight is 231 g/mol. The normalized spacial score (nSPS) is 15.5. The van der Waals surface area contributed by atoms with Crippen molar-refractivity contribution in [3.63, 3.8) is 0 Å². The van der Waals surface area contributed by atoms with Crippen molar-refractivity contribution in [3.05, 3.63) is 42.5 Å². The van der Waals surface area contributed by atoms with E-state index in [1.54, 1.807) is 0 Å². The first kappa shape index (κ1) is 12.6. The molecule has 0 aromatic heterocycles. The number of aliphatic hydroxyl groups excluding tert-OH is 1. The molecule has 3 N–H and O–H groups in total. The minimum atomic E-state index is -4.60. The van der Waals surface area contributed by atoms with Gasteiger partial charge in [-0.1, -0.05) is 18.2 Å². The van der Waals surface area contributed by atoms with Crippen LogP contribution in [0.15, 0.2) is 36.9 Å². The van der Waals surface area contributed by atoms with E-state index < -0.39 is 18.2 Å². The molecule has 0 bridgehead atoms. The van der Waals surface area contributed by atoms with Crippen LogP contribution in [0.25, 0.3) is 0 Å². The number of alkyl halides is 3. The highest BCUT2D eigenvalue weighted by Gasteiger charge is 2.53. The number of hydrogen-bond acceptors (Lipinski definition) is 2. The molecule has 0 aliphatic heterocycles. The maximum Gasteiger partial charge on any atom is 0.404 e. The van der Waals surface area contributed by atoms with Gasteiger partial charge in [-0.3, -0.25) is 0 Å². The van der Waals surface area contributed by atoms with Gasteiger partial charge in [0.25, 0.3) is 0 Å². The highest BCUT2D eigenvalue weighted by molar-refractivity contribution is 5.43. The zero-order chi connectivity index (χ0) is 12.4. The van der Waals surface area contributed by atoms with Crippen LogP contribution >= 0.6 is 0 Å². The van der Waals surface area contributed by atoms with Crippen LogP contribution in [0, 0.1) is 0 Å². The molecule has 0 saturated heterocycles. The van der Waals surface area contributed by atoms with E-state index in [9.17, 15) is 13.2 Å². The second-order valence-corrected chi connectivity index (χ2v) is 3.45.